The van der Waals surface area contributed by atoms with E-state index in [1.54, 1.807) is 6.92 Å². The molecule has 0 bridgehead atoms. The van der Waals surface area contributed by atoms with E-state index in [2.05, 4.69) is 0 Å². The molecule has 132 valence electrons. The van der Waals surface area contributed by atoms with E-state index in [9.17, 15) is 23.3 Å². The van der Waals surface area contributed by atoms with Gasteiger partial charge in [-0.1, -0.05) is 0 Å². The monoisotopic (exact) mass is 356 g/mol. The fourth-order valence-corrected chi connectivity index (χ4v) is 3.75. The number of sulfonamides is 1. The summed E-state index contributed by atoms with van der Waals surface area (Å²) in [6.07, 6.45) is 1.91. The van der Waals surface area contributed by atoms with Gasteiger partial charge in [-0.2, -0.15) is 4.31 Å². The van der Waals surface area contributed by atoms with Gasteiger partial charge in [0, 0.05) is 25.2 Å². The summed E-state index contributed by atoms with van der Waals surface area (Å²) in [5.41, 5.74) is -0.172. The van der Waals surface area contributed by atoms with Crippen LogP contribution in [0.2, 0.25) is 0 Å². The van der Waals surface area contributed by atoms with Crippen LogP contribution in [0.3, 0.4) is 0 Å². The van der Waals surface area contributed by atoms with Crippen LogP contribution >= 0.6 is 0 Å². The van der Waals surface area contributed by atoms with Gasteiger partial charge in [-0.05, 0) is 37.8 Å². The van der Waals surface area contributed by atoms with Crippen molar-refractivity contribution in [2.24, 2.45) is 5.92 Å². The average Bonchev–Trinajstić information content (AvgIpc) is 3.35. The Morgan fingerprint density at radius 2 is 1.96 bits per heavy atom. The van der Waals surface area contributed by atoms with Gasteiger partial charge in [0.25, 0.3) is 5.69 Å². The summed E-state index contributed by atoms with van der Waals surface area (Å²) >= 11 is 0. The van der Waals surface area contributed by atoms with Crippen molar-refractivity contribution in [1.82, 2.24) is 4.31 Å². The third kappa shape index (κ3) is 4.75. The quantitative estimate of drug-likeness (QED) is 0.380. The molecule has 0 saturated heterocycles. The standard InChI is InChI=1S/C15H20N2O6S/c1-2-23-15(18)9-10-16(11-12-3-4-12)24(21,22)14-7-5-13(6-8-14)17(19)20/h5-8,12H,2-4,9-11H2,1H3. The fourth-order valence-electron chi connectivity index (χ4n) is 2.24. The van der Waals surface area contributed by atoms with Gasteiger partial charge < -0.3 is 4.74 Å². The molecule has 1 aromatic carbocycles. The van der Waals surface area contributed by atoms with E-state index in [-0.39, 0.29) is 30.2 Å². The van der Waals surface area contributed by atoms with Gasteiger partial charge in [-0.15, -0.1) is 0 Å². The lowest BCUT2D eigenvalue weighted by Gasteiger charge is -2.21. The maximum atomic E-state index is 12.8. The Labute approximate surface area is 140 Å². The van der Waals surface area contributed by atoms with Crippen molar-refractivity contribution in [2.45, 2.75) is 31.1 Å². The van der Waals surface area contributed by atoms with Gasteiger partial charge >= 0.3 is 5.97 Å². The summed E-state index contributed by atoms with van der Waals surface area (Å²) in [6.45, 7) is 2.32. The van der Waals surface area contributed by atoms with Crippen LogP contribution in [0.5, 0.6) is 0 Å². The molecule has 0 unspecified atom stereocenters. The number of non-ortho nitro benzene ring substituents is 1. The predicted octanol–water partition coefficient (Wildman–Crippen LogP) is 1.95. The molecule has 1 aliphatic rings. The topological polar surface area (TPSA) is 107 Å². The van der Waals surface area contributed by atoms with E-state index in [0.717, 1.165) is 25.0 Å². The van der Waals surface area contributed by atoms with Crippen molar-refractivity contribution in [1.29, 1.82) is 0 Å². The highest BCUT2D eigenvalue weighted by Crippen LogP contribution is 2.32. The molecule has 0 N–H and O–H groups in total. The number of esters is 1. The number of benzene rings is 1. The molecule has 0 atom stereocenters. The molecule has 2 rings (SSSR count). The molecule has 24 heavy (non-hydrogen) atoms. The maximum Gasteiger partial charge on any atom is 0.307 e. The largest absolute Gasteiger partial charge is 0.466 e. The van der Waals surface area contributed by atoms with Gasteiger partial charge in [0.05, 0.1) is 22.8 Å². The molecular weight excluding hydrogens is 336 g/mol. The average molecular weight is 356 g/mol. The zero-order valence-electron chi connectivity index (χ0n) is 13.4. The highest BCUT2D eigenvalue weighted by molar-refractivity contribution is 7.89. The lowest BCUT2D eigenvalue weighted by Crippen LogP contribution is -2.35. The Morgan fingerprint density at radius 1 is 1.33 bits per heavy atom. The number of carbonyl (C=O) groups is 1. The maximum absolute atomic E-state index is 12.8. The zero-order chi connectivity index (χ0) is 17.7. The third-order valence-corrected chi connectivity index (χ3v) is 5.59. The summed E-state index contributed by atoms with van der Waals surface area (Å²) in [6, 6.07) is 4.76. The van der Waals surface area contributed by atoms with Gasteiger partial charge in [-0.3, -0.25) is 14.9 Å². The van der Waals surface area contributed by atoms with Crippen LogP contribution in [-0.2, 0) is 19.6 Å². The Kier molecular flexibility index (Phi) is 5.89. The van der Waals surface area contributed by atoms with E-state index in [1.807, 2.05) is 0 Å². The summed E-state index contributed by atoms with van der Waals surface area (Å²) in [4.78, 5) is 21.6. The normalized spacial score (nSPS) is 14.6. The number of ether oxygens (including phenoxy) is 1. The minimum atomic E-state index is -3.81. The zero-order valence-corrected chi connectivity index (χ0v) is 14.2. The summed E-state index contributed by atoms with van der Waals surface area (Å²) < 4.78 is 31.6. The van der Waals surface area contributed by atoms with E-state index >= 15 is 0 Å². The van der Waals surface area contributed by atoms with Crippen LogP contribution in [0.1, 0.15) is 26.2 Å². The number of rotatable bonds is 9. The first-order valence-corrected chi connectivity index (χ1v) is 9.19. The molecule has 1 saturated carbocycles. The molecule has 0 amide bonds. The summed E-state index contributed by atoms with van der Waals surface area (Å²) in [5.74, 6) is -0.141. The Hall–Kier alpha value is -2.00. The molecule has 0 aliphatic heterocycles. The molecule has 0 radical (unpaired) electrons. The lowest BCUT2D eigenvalue weighted by molar-refractivity contribution is -0.384. The fraction of sp³-hybridized carbons (Fsp3) is 0.533. The van der Waals surface area contributed by atoms with Crippen molar-refractivity contribution in [3.63, 3.8) is 0 Å². The van der Waals surface area contributed by atoms with Gasteiger partial charge in [0.15, 0.2) is 0 Å². The number of nitro benzene ring substituents is 1. The number of hydrogen-bond donors (Lipinski definition) is 0. The Balaban J connectivity index is 2.15. The smallest absolute Gasteiger partial charge is 0.307 e. The first kappa shape index (κ1) is 18.3. The van der Waals surface area contributed by atoms with E-state index in [0.29, 0.717) is 12.5 Å². The summed E-state index contributed by atoms with van der Waals surface area (Å²) in [5, 5.41) is 10.7. The van der Waals surface area contributed by atoms with E-state index in [1.165, 1.54) is 16.4 Å². The van der Waals surface area contributed by atoms with Gasteiger partial charge in [0.1, 0.15) is 0 Å². The van der Waals surface area contributed by atoms with Crippen molar-refractivity contribution < 1.29 is 22.9 Å². The van der Waals surface area contributed by atoms with Crippen LogP contribution in [0.25, 0.3) is 0 Å². The molecule has 0 spiro atoms. The van der Waals surface area contributed by atoms with Gasteiger partial charge in [0.2, 0.25) is 10.0 Å². The van der Waals surface area contributed by atoms with E-state index < -0.39 is 20.9 Å². The minimum absolute atomic E-state index is 0.0161. The van der Waals surface area contributed by atoms with Gasteiger partial charge in [-0.25, -0.2) is 8.42 Å². The lowest BCUT2D eigenvalue weighted by atomic mass is 10.3. The SMILES string of the molecule is CCOC(=O)CCN(CC1CC1)S(=O)(=O)c1ccc([N+](=O)[O-])cc1. The van der Waals surface area contributed by atoms with Crippen molar-refractivity contribution in [2.75, 3.05) is 19.7 Å². The molecule has 1 aromatic rings. The summed E-state index contributed by atoms with van der Waals surface area (Å²) in [7, 11) is -3.81. The van der Waals surface area contributed by atoms with Crippen LogP contribution < -0.4 is 0 Å². The van der Waals surface area contributed by atoms with Crippen LogP contribution in [0.4, 0.5) is 5.69 Å². The Bertz CT molecular complexity index is 697. The first-order chi connectivity index (χ1) is 11.3. The van der Waals surface area contributed by atoms with Crippen molar-refractivity contribution in [3.8, 4) is 0 Å². The number of nitrogens with zero attached hydrogens (tertiary/aromatic N) is 2. The highest BCUT2D eigenvalue weighted by atomic mass is 32.2. The Morgan fingerprint density at radius 3 is 2.46 bits per heavy atom. The molecule has 1 fully saturated rings. The van der Waals surface area contributed by atoms with Crippen LogP contribution in [-0.4, -0.2) is 43.3 Å². The first-order valence-electron chi connectivity index (χ1n) is 7.74. The number of carbonyl (C=O) groups excluding carboxylic acids is 1. The molecule has 0 heterocycles. The third-order valence-electron chi connectivity index (χ3n) is 3.71. The minimum Gasteiger partial charge on any atom is -0.466 e. The second kappa shape index (κ2) is 7.71. The number of hydrogen-bond acceptors (Lipinski definition) is 6. The highest BCUT2D eigenvalue weighted by Gasteiger charge is 2.32. The van der Waals surface area contributed by atoms with Crippen molar-refractivity contribution >= 4 is 21.7 Å². The molecule has 0 aromatic heterocycles. The van der Waals surface area contributed by atoms with Crippen molar-refractivity contribution in [3.05, 3.63) is 34.4 Å². The molecule has 1 aliphatic carbocycles. The predicted molar refractivity (Wildman–Crippen MR) is 85.8 cm³/mol. The molecular formula is C15H20N2O6S. The second-order valence-corrected chi connectivity index (χ2v) is 7.55. The molecule has 8 nitrogen and oxygen atoms in total. The number of nitro groups is 1. The van der Waals surface area contributed by atoms with Crippen LogP contribution in [0, 0.1) is 16.0 Å². The van der Waals surface area contributed by atoms with E-state index in [4.69, 9.17) is 4.74 Å². The second-order valence-electron chi connectivity index (χ2n) is 5.61. The molecule has 9 heteroatoms. The van der Waals surface area contributed by atoms with Crippen LogP contribution in [0.15, 0.2) is 29.2 Å².